The van der Waals surface area contributed by atoms with Gasteiger partial charge in [-0.15, -0.1) is 0 Å². The van der Waals surface area contributed by atoms with Gasteiger partial charge in [0, 0.05) is 32.1 Å². The topological polar surface area (TPSA) is 70.4 Å². The predicted octanol–water partition coefficient (Wildman–Crippen LogP) is 2.35. The van der Waals surface area contributed by atoms with E-state index in [0.717, 1.165) is 30.6 Å². The van der Waals surface area contributed by atoms with Gasteiger partial charge in [0.1, 0.15) is 0 Å². The summed E-state index contributed by atoms with van der Waals surface area (Å²) >= 11 is 0. The number of piperidine rings is 1. The summed E-state index contributed by atoms with van der Waals surface area (Å²) in [5.41, 5.74) is 2.00. The van der Waals surface area contributed by atoms with E-state index in [-0.39, 0.29) is 24.6 Å². The number of likely N-dealkylation sites (tertiary alicyclic amines) is 1. The van der Waals surface area contributed by atoms with Crippen LogP contribution in [0.25, 0.3) is 5.69 Å². The number of nitrogens with one attached hydrogen (secondary N) is 1. The number of hydrogen-bond acceptors (Lipinski definition) is 3. The Bertz CT molecular complexity index is 671. The highest BCUT2D eigenvalue weighted by Gasteiger charge is 2.24. The van der Waals surface area contributed by atoms with Gasteiger partial charge in [-0.1, -0.05) is 12.1 Å². The van der Waals surface area contributed by atoms with Crippen LogP contribution in [0.15, 0.2) is 42.7 Å². The number of aliphatic hydroxyl groups is 1. The fraction of sp³-hybridized carbons (Fsp3) is 0.444. The van der Waals surface area contributed by atoms with E-state index in [0.29, 0.717) is 6.54 Å². The van der Waals surface area contributed by atoms with Gasteiger partial charge >= 0.3 is 6.03 Å². The van der Waals surface area contributed by atoms with E-state index in [2.05, 4.69) is 10.4 Å². The van der Waals surface area contributed by atoms with Gasteiger partial charge in [-0.05, 0) is 49.4 Å². The first-order valence-electron chi connectivity index (χ1n) is 8.43. The maximum atomic E-state index is 12.5. The van der Waals surface area contributed by atoms with Gasteiger partial charge < -0.3 is 15.3 Å². The summed E-state index contributed by atoms with van der Waals surface area (Å²) < 4.78 is 1.80. The van der Waals surface area contributed by atoms with E-state index in [4.69, 9.17) is 0 Å². The molecule has 2 atom stereocenters. The minimum atomic E-state index is -0.0949. The predicted molar refractivity (Wildman–Crippen MR) is 91.9 cm³/mol. The van der Waals surface area contributed by atoms with Gasteiger partial charge in [0.15, 0.2) is 0 Å². The SMILES string of the molecule is C[C@H](NC(=O)N1CCC[C@H](CO)C1)c1cccc(-n2cccn2)c1. The maximum Gasteiger partial charge on any atom is 0.317 e. The summed E-state index contributed by atoms with van der Waals surface area (Å²) in [4.78, 5) is 14.3. The van der Waals surface area contributed by atoms with Crippen molar-refractivity contribution in [2.24, 2.45) is 5.92 Å². The van der Waals surface area contributed by atoms with E-state index in [1.807, 2.05) is 43.5 Å². The Morgan fingerprint density at radius 1 is 1.46 bits per heavy atom. The number of benzene rings is 1. The number of aliphatic hydroxyl groups excluding tert-OH is 1. The molecule has 1 aromatic heterocycles. The largest absolute Gasteiger partial charge is 0.396 e. The zero-order valence-corrected chi connectivity index (χ0v) is 13.9. The van der Waals surface area contributed by atoms with E-state index in [1.165, 1.54) is 0 Å². The minimum Gasteiger partial charge on any atom is -0.396 e. The lowest BCUT2D eigenvalue weighted by Crippen LogP contribution is -2.46. The third-order valence-electron chi connectivity index (χ3n) is 4.54. The van der Waals surface area contributed by atoms with Crippen molar-refractivity contribution < 1.29 is 9.90 Å². The molecule has 2 N–H and O–H groups in total. The molecule has 6 nitrogen and oxygen atoms in total. The van der Waals surface area contributed by atoms with Crippen molar-refractivity contribution in [3.05, 3.63) is 48.3 Å². The molecule has 0 saturated carbocycles. The van der Waals surface area contributed by atoms with Crippen LogP contribution in [0.5, 0.6) is 0 Å². The van der Waals surface area contributed by atoms with Crippen LogP contribution >= 0.6 is 0 Å². The molecule has 0 unspecified atom stereocenters. The molecule has 1 aromatic carbocycles. The number of urea groups is 1. The van der Waals surface area contributed by atoms with Crippen LogP contribution in [0.2, 0.25) is 0 Å². The molecule has 2 aromatic rings. The average molecular weight is 328 g/mol. The van der Waals surface area contributed by atoms with Crippen molar-refractivity contribution in [3.63, 3.8) is 0 Å². The third-order valence-corrected chi connectivity index (χ3v) is 4.54. The van der Waals surface area contributed by atoms with Crippen molar-refractivity contribution >= 4 is 6.03 Å². The Morgan fingerprint density at radius 3 is 3.08 bits per heavy atom. The Hall–Kier alpha value is -2.34. The summed E-state index contributed by atoms with van der Waals surface area (Å²) in [5.74, 6) is 0.197. The second-order valence-electron chi connectivity index (χ2n) is 6.35. The Kier molecular flexibility index (Phi) is 5.15. The normalized spacial score (nSPS) is 19.1. The lowest BCUT2D eigenvalue weighted by atomic mass is 9.99. The first-order chi connectivity index (χ1) is 11.7. The van der Waals surface area contributed by atoms with E-state index >= 15 is 0 Å². The summed E-state index contributed by atoms with van der Waals surface area (Å²) in [5, 5.41) is 16.6. The quantitative estimate of drug-likeness (QED) is 0.905. The summed E-state index contributed by atoms with van der Waals surface area (Å²) in [6.45, 7) is 3.50. The van der Waals surface area contributed by atoms with Gasteiger partial charge in [-0.25, -0.2) is 9.48 Å². The first kappa shape index (κ1) is 16.5. The van der Waals surface area contributed by atoms with Crippen LogP contribution in [0, 0.1) is 5.92 Å². The second-order valence-corrected chi connectivity index (χ2v) is 6.35. The number of carbonyl (C=O) groups is 1. The molecule has 0 bridgehead atoms. The highest BCUT2D eigenvalue weighted by molar-refractivity contribution is 5.74. The molecule has 2 amide bonds. The standard InChI is InChI=1S/C18H24N4O2/c1-14(20-18(24)21-9-3-5-15(12-21)13-23)16-6-2-7-17(11-16)22-10-4-8-19-22/h2,4,6-8,10-11,14-15,23H,3,5,9,12-13H2,1H3,(H,20,24)/t14-,15-/m0/s1. The Morgan fingerprint density at radius 2 is 2.33 bits per heavy atom. The van der Waals surface area contributed by atoms with Crippen LogP contribution in [0.1, 0.15) is 31.4 Å². The smallest absolute Gasteiger partial charge is 0.317 e. The highest BCUT2D eigenvalue weighted by atomic mass is 16.3. The van der Waals surface area contributed by atoms with Crippen molar-refractivity contribution in [2.75, 3.05) is 19.7 Å². The monoisotopic (exact) mass is 328 g/mol. The molecule has 6 heteroatoms. The van der Waals surface area contributed by atoms with Crippen molar-refractivity contribution in [2.45, 2.75) is 25.8 Å². The van der Waals surface area contributed by atoms with Gasteiger partial charge in [0.2, 0.25) is 0 Å². The number of rotatable bonds is 4. The van der Waals surface area contributed by atoms with Gasteiger partial charge in [0.25, 0.3) is 0 Å². The third kappa shape index (κ3) is 3.76. The number of amides is 2. The molecule has 2 heterocycles. The molecule has 0 spiro atoms. The van der Waals surface area contributed by atoms with Crippen molar-refractivity contribution in [1.29, 1.82) is 0 Å². The van der Waals surface area contributed by atoms with E-state index in [9.17, 15) is 9.90 Å². The molecule has 128 valence electrons. The van der Waals surface area contributed by atoms with Crippen LogP contribution in [-0.4, -0.2) is 45.5 Å². The molecule has 3 rings (SSSR count). The zero-order chi connectivity index (χ0) is 16.9. The van der Waals surface area contributed by atoms with E-state index in [1.54, 1.807) is 15.8 Å². The van der Waals surface area contributed by atoms with Crippen molar-refractivity contribution in [3.8, 4) is 5.69 Å². The lowest BCUT2D eigenvalue weighted by molar-refractivity contribution is 0.128. The zero-order valence-electron chi connectivity index (χ0n) is 13.9. The summed E-state index contributed by atoms with van der Waals surface area (Å²) in [7, 11) is 0. The number of nitrogens with zero attached hydrogens (tertiary/aromatic N) is 3. The Balaban J connectivity index is 1.65. The Labute approximate surface area is 142 Å². The molecule has 0 radical (unpaired) electrons. The van der Waals surface area contributed by atoms with Crippen molar-refractivity contribution in [1.82, 2.24) is 20.0 Å². The van der Waals surface area contributed by atoms with Crippen LogP contribution < -0.4 is 5.32 Å². The van der Waals surface area contributed by atoms with Gasteiger partial charge in [-0.2, -0.15) is 5.10 Å². The highest BCUT2D eigenvalue weighted by Crippen LogP contribution is 2.19. The molecule has 24 heavy (non-hydrogen) atoms. The number of aromatic nitrogens is 2. The number of carbonyl (C=O) groups excluding carboxylic acids is 1. The van der Waals surface area contributed by atoms with Crippen LogP contribution in [-0.2, 0) is 0 Å². The van der Waals surface area contributed by atoms with Crippen LogP contribution in [0.3, 0.4) is 0 Å². The summed E-state index contributed by atoms with van der Waals surface area (Å²) in [6, 6.07) is 9.72. The molecule has 1 fully saturated rings. The molecular weight excluding hydrogens is 304 g/mol. The minimum absolute atomic E-state index is 0.0647. The molecule has 0 aliphatic carbocycles. The van der Waals surface area contributed by atoms with Gasteiger partial charge in [0.05, 0.1) is 11.7 Å². The average Bonchev–Trinajstić information content (AvgIpc) is 3.16. The maximum absolute atomic E-state index is 12.5. The molecule has 1 saturated heterocycles. The van der Waals surface area contributed by atoms with Crippen LogP contribution in [0.4, 0.5) is 4.79 Å². The summed E-state index contributed by atoms with van der Waals surface area (Å²) in [6.07, 6.45) is 5.57. The lowest BCUT2D eigenvalue weighted by Gasteiger charge is -2.32. The second kappa shape index (κ2) is 7.49. The molecular formula is C18H24N4O2. The van der Waals surface area contributed by atoms with Gasteiger partial charge in [-0.3, -0.25) is 0 Å². The first-order valence-corrected chi connectivity index (χ1v) is 8.43. The molecule has 1 aliphatic heterocycles. The molecule has 1 aliphatic rings. The number of hydrogen-bond donors (Lipinski definition) is 2. The fourth-order valence-corrected chi connectivity index (χ4v) is 3.12. The fourth-order valence-electron chi connectivity index (χ4n) is 3.12. The van der Waals surface area contributed by atoms with E-state index < -0.39 is 0 Å².